The van der Waals surface area contributed by atoms with E-state index < -0.39 is 11.6 Å². The van der Waals surface area contributed by atoms with E-state index >= 15 is 0 Å². The average Bonchev–Trinajstić information content (AvgIpc) is 3.50. The highest BCUT2D eigenvalue weighted by Crippen LogP contribution is 2.26. The number of amides is 2. The van der Waals surface area contributed by atoms with Gasteiger partial charge in [0.2, 0.25) is 5.91 Å². The zero-order chi connectivity index (χ0) is 24.1. The van der Waals surface area contributed by atoms with Crippen LogP contribution in [0, 0.1) is 0 Å². The summed E-state index contributed by atoms with van der Waals surface area (Å²) in [6, 6.07) is 19.5. The molecule has 176 valence electrons. The van der Waals surface area contributed by atoms with Crippen LogP contribution in [0.3, 0.4) is 0 Å². The minimum Gasteiger partial charge on any atom is -0.467 e. The Bertz CT molecular complexity index is 1250. The van der Waals surface area contributed by atoms with E-state index in [1.165, 1.54) is 6.26 Å². The lowest BCUT2D eigenvalue weighted by Crippen LogP contribution is -2.50. The normalized spacial score (nSPS) is 12.4. The van der Waals surface area contributed by atoms with Crippen LogP contribution in [0.1, 0.15) is 44.6 Å². The molecular weight excluding hydrogens is 430 g/mol. The minimum atomic E-state index is -0.941. The maximum atomic E-state index is 13.8. The first-order chi connectivity index (χ1) is 16.4. The highest BCUT2D eigenvalue weighted by atomic mass is 16.3. The Hall–Kier alpha value is -3.94. The van der Waals surface area contributed by atoms with Crippen LogP contribution in [0.25, 0.3) is 11.0 Å². The zero-order valence-corrected chi connectivity index (χ0v) is 19.6. The molecule has 0 fully saturated rings. The van der Waals surface area contributed by atoms with Gasteiger partial charge in [0.25, 0.3) is 5.91 Å². The van der Waals surface area contributed by atoms with Crippen molar-refractivity contribution in [3.05, 3.63) is 84.3 Å². The van der Waals surface area contributed by atoms with Crippen molar-refractivity contribution in [1.29, 1.82) is 0 Å². The van der Waals surface area contributed by atoms with E-state index in [4.69, 9.17) is 4.42 Å². The van der Waals surface area contributed by atoms with Crippen molar-refractivity contribution in [1.82, 2.24) is 25.2 Å². The van der Waals surface area contributed by atoms with Crippen molar-refractivity contribution in [3.63, 3.8) is 0 Å². The van der Waals surface area contributed by atoms with Crippen LogP contribution in [0.2, 0.25) is 0 Å². The van der Waals surface area contributed by atoms with E-state index in [9.17, 15) is 9.59 Å². The molecule has 4 aromatic rings. The van der Waals surface area contributed by atoms with Crippen LogP contribution in [0.15, 0.2) is 77.4 Å². The number of nitrogens with one attached hydrogen (secondary N) is 1. The molecule has 34 heavy (non-hydrogen) atoms. The molecule has 1 N–H and O–H groups in total. The standard InChI is InChI=1S/C26H29N5O3/c1-4-26(2,3)27-25(33)24(22-15-10-16-34-22)30(17-19-11-6-5-7-12-19)23(32)18-31-21-14-9-8-13-20(21)28-29-31/h5-16,24H,4,17-18H2,1-3H3,(H,27,33)/t24-/m0/s1. The molecule has 2 aromatic carbocycles. The molecule has 2 heterocycles. The summed E-state index contributed by atoms with van der Waals surface area (Å²) < 4.78 is 7.21. The van der Waals surface area contributed by atoms with Gasteiger partial charge in [0.05, 0.1) is 11.8 Å². The fraction of sp³-hybridized carbons (Fsp3) is 0.308. The molecule has 2 aromatic heterocycles. The topological polar surface area (TPSA) is 93.3 Å². The summed E-state index contributed by atoms with van der Waals surface area (Å²) in [7, 11) is 0. The van der Waals surface area contributed by atoms with Crippen molar-refractivity contribution in [2.45, 2.75) is 51.9 Å². The number of furan rings is 1. The quantitative estimate of drug-likeness (QED) is 0.407. The lowest BCUT2D eigenvalue weighted by Gasteiger charge is -2.33. The molecule has 0 radical (unpaired) electrons. The fourth-order valence-corrected chi connectivity index (χ4v) is 3.72. The van der Waals surface area contributed by atoms with Crippen molar-refractivity contribution >= 4 is 22.8 Å². The van der Waals surface area contributed by atoms with Gasteiger partial charge in [0, 0.05) is 12.1 Å². The third-order valence-corrected chi connectivity index (χ3v) is 5.94. The second-order valence-electron chi connectivity index (χ2n) is 8.89. The molecule has 2 amide bonds. The van der Waals surface area contributed by atoms with Gasteiger partial charge in [-0.25, -0.2) is 4.68 Å². The maximum absolute atomic E-state index is 13.8. The van der Waals surface area contributed by atoms with Crippen LogP contribution in [-0.4, -0.2) is 37.2 Å². The van der Waals surface area contributed by atoms with Crippen LogP contribution in [-0.2, 0) is 22.7 Å². The highest BCUT2D eigenvalue weighted by molar-refractivity contribution is 5.89. The number of nitrogens with zero attached hydrogens (tertiary/aromatic N) is 4. The second kappa shape index (κ2) is 9.91. The van der Waals surface area contributed by atoms with Gasteiger partial charge in [-0.15, -0.1) is 5.10 Å². The van der Waals surface area contributed by atoms with Gasteiger partial charge in [-0.3, -0.25) is 9.59 Å². The van der Waals surface area contributed by atoms with Crippen molar-refractivity contribution in [2.75, 3.05) is 0 Å². The van der Waals surface area contributed by atoms with Crippen LogP contribution in [0.4, 0.5) is 0 Å². The Morgan fingerprint density at radius 1 is 1.06 bits per heavy atom. The van der Waals surface area contributed by atoms with Crippen LogP contribution in [0.5, 0.6) is 0 Å². The molecular formula is C26H29N5O3. The van der Waals surface area contributed by atoms with Gasteiger partial charge < -0.3 is 14.6 Å². The number of hydrogen-bond acceptors (Lipinski definition) is 5. The predicted octanol–water partition coefficient (Wildman–Crippen LogP) is 4.10. The predicted molar refractivity (Wildman–Crippen MR) is 128 cm³/mol. The highest BCUT2D eigenvalue weighted by Gasteiger charge is 2.36. The molecule has 4 rings (SSSR count). The van der Waals surface area contributed by atoms with E-state index in [-0.39, 0.29) is 24.9 Å². The molecule has 0 spiro atoms. The maximum Gasteiger partial charge on any atom is 0.251 e. The first-order valence-corrected chi connectivity index (χ1v) is 11.3. The molecule has 8 nitrogen and oxygen atoms in total. The number of carbonyl (C=O) groups is 2. The van der Waals surface area contributed by atoms with Gasteiger partial charge in [-0.1, -0.05) is 54.6 Å². The molecule has 0 saturated carbocycles. The van der Waals surface area contributed by atoms with Gasteiger partial charge >= 0.3 is 0 Å². The second-order valence-corrected chi connectivity index (χ2v) is 8.89. The van der Waals surface area contributed by atoms with E-state index in [2.05, 4.69) is 15.6 Å². The first-order valence-electron chi connectivity index (χ1n) is 11.3. The number of hydrogen-bond donors (Lipinski definition) is 1. The van der Waals surface area contributed by atoms with E-state index in [0.717, 1.165) is 17.5 Å². The summed E-state index contributed by atoms with van der Waals surface area (Å²) in [6.45, 7) is 6.08. The number of para-hydroxylation sites is 1. The molecule has 0 unspecified atom stereocenters. The molecule has 0 aliphatic rings. The summed E-state index contributed by atoms with van der Waals surface area (Å²) in [6.07, 6.45) is 2.25. The van der Waals surface area contributed by atoms with Gasteiger partial charge in [-0.2, -0.15) is 0 Å². The number of rotatable bonds is 9. The van der Waals surface area contributed by atoms with E-state index in [1.54, 1.807) is 21.7 Å². The third-order valence-electron chi connectivity index (χ3n) is 5.94. The van der Waals surface area contributed by atoms with E-state index in [1.807, 2.05) is 75.4 Å². The molecule has 8 heteroatoms. The molecule has 1 atom stereocenters. The lowest BCUT2D eigenvalue weighted by molar-refractivity contribution is -0.143. The fourth-order valence-electron chi connectivity index (χ4n) is 3.72. The van der Waals surface area contributed by atoms with E-state index in [0.29, 0.717) is 11.3 Å². The number of aromatic nitrogens is 3. The summed E-state index contributed by atoms with van der Waals surface area (Å²) in [5, 5.41) is 11.4. The van der Waals surface area contributed by atoms with Crippen LogP contribution >= 0.6 is 0 Å². The summed E-state index contributed by atoms with van der Waals surface area (Å²) in [5.41, 5.74) is 1.92. The number of carbonyl (C=O) groups excluding carboxylic acids is 2. The zero-order valence-electron chi connectivity index (χ0n) is 19.6. The van der Waals surface area contributed by atoms with Gasteiger partial charge in [-0.05, 0) is 50.1 Å². The third kappa shape index (κ3) is 5.17. The number of benzene rings is 2. The van der Waals surface area contributed by atoms with Gasteiger partial charge in [0.15, 0.2) is 6.04 Å². The Balaban J connectivity index is 1.71. The molecule has 0 aliphatic heterocycles. The summed E-state index contributed by atoms with van der Waals surface area (Å²) >= 11 is 0. The van der Waals surface area contributed by atoms with Crippen molar-refractivity contribution in [2.24, 2.45) is 0 Å². The van der Waals surface area contributed by atoms with Gasteiger partial charge in [0.1, 0.15) is 17.8 Å². The molecule has 0 saturated heterocycles. The Labute approximate surface area is 198 Å². The Morgan fingerprint density at radius 2 is 1.79 bits per heavy atom. The molecule has 0 bridgehead atoms. The molecule has 0 aliphatic carbocycles. The first kappa shape index (κ1) is 23.2. The Morgan fingerprint density at radius 3 is 2.50 bits per heavy atom. The summed E-state index contributed by atoms with van der Waals surface area (Å²) in [4.78, 5) is 28.9. The lowest BCUT2D eigenvalue weighted by atomic mass is 10.0. The summed E-state index contributed by atoms with van der Waals surface area (Å²) in [5.74, 6) is -0.169. The number of fused-ring (bicyclic) bond motifs is 1. The minimum absolute atomic E-state index is 0.0605. The van der Waals surface area contributed by atoms with Crippen molar-refractivity contribution < 1.29 is 14.0 Å². The average molecular weight is 460 g/mol. The largest absolute Gasteiger partial charge is 0.467 e. The monoisotopic (exact) mass is 459 g/mol. The Kier molecular flexibility index (Phi) is 6.77. The smallest absolute Gasteiger partial charge is 0.251 e. The van der Waals surface area contributed by atoms with Crippen molar-refractivity contribution in [3.8, 4) is 0 Å². The van der Waals surface area contributed by atoms with Crippen LogP contribution < -0.4 is 5.32 Å². The SMILES string of the molecule is CCC(C)(C)NC(=O)[C@H](c1ccco1)N(Cc1ccccc1)C(=O)Cn1nnc2ccccc21.